The summed E-state index contributed by atoms with van der Waals surface area (Å²) in [5, 5.41) is 23.6. The van der Waals surface area contributed by atoms with Gasteiger partial charge in [0.1, 0.15) is 12.6 Å². The van der Waals surface area contributed by atoms with E-state index in [0.717, 1.165) is 18.4 Å². The number of nitrogens with zero attached hydrogens (tertiary/aromatic N) is 3. The Morgan fingerprint density at radius 1 is 1.19 bits per heavy atom. The molecule has 36 heavy (non-hydrogen) atoms. The molecule has 1 heterocycles. The van der Waals surface area contributed by atoms with Gasteiger partial charge in [0.25, 0.3) is 0 Å². The van der Waals surface area contributed by atoms with Crippen molar-refractivity contribution >= 4 is 23.8 Å². The summed E-state index contributed by atoms with van der Waals surface area (Å²) >= 11 is 1.39. The number of alkyl carbamates (subject to hydrolysis) is 1. The normalized spacial score (nSPS) is 12.2. The molecule has 0 aliphatic carbocycles. The number of benzene rings is 1. The third-order valence-electron chi connectivity index (χ3n) is 5.18. The Balaban J connectivity index is 2.05. The Bertz CT molecular complexity index is 935. The van der Waals surface area contributed by atoms with Crippen LogP contribution >= 0.6 is 11.8 Å². The van der Waals surface area contributed by atoms with Crippen LogP contribution < -0.4 is 16.4 Å². The molecular weight excluding hydrogens is 484 g/mol. The lowest BCUT2D eigenvalue weighted by Crippen LogP contribution is -2.51. The second kappa shape index (κ2) is 15.4. The molecule has 11 nitrogen and oxygen atoms in total. The number of aromatic nitrogens is 3. The van der Waals surface area contributed by atoms with E-state index >= 15 is 0 Å². The topological polar surface area (TPSA) is 154 Å². The number of carbonyl (C=O) groups excluding carboxylic acids is 2. The predicted octanol–water partition coefficient (Wildman–Crippen LogP) is 2.00. The number of thioether (sulfide) groups is 1. The first-order valence-corrected chi connectivity index (χ1v) is 13.2. The van der Waals surface area contributed by atoms with E-state index < -0.39 is 17.7 Å². The summed E-state index contributed by atoms with van der Waals surface area (Å²) in [7, 11) is 0. The van der Waals surface area contributed by atoms with Gasteiger partial charge in [-0.15, -0.1) is 10.2 Å². The molecule has 2 aromatic rings. The van der Waals surface area contributed by atoms with Gasteiger partial charge in [-0.25, -0.2) is 4.79 Å². The average molecular weight is 523 g/mol. The van der Waals surface area contributed by atoms with Crippen molar-refractivity contribution in [1.29, 1.82) is 0 Å². The lowest BCUT2D eigenvalue weighted by molar-refractivity contribution is -0.126. The number of nitrogens with two attached hydrogens (primary N) is 1. The highest BCUT2D eigenvalue weighted by atomic mass is 32.2. The van der Waals surface area contributed by atoms with Crippen LogP contribution in [0.5, 0.6) is 0 Å². The summed E-state index contributed by atoms with van der Waals surface area (Å²) < 4.78 is 13.0. The third-order valence-corrected chi connectivity index (χ3v) is 5.85. The van der Waals surface area contributed by atoms with Gasteiger partial charge in [0.15, 0.2) is 11.0 Å². The zero-order chi connectivity index (χ0) is 26.4. The first kappa shape index (κ1) is 29.6. The molecule has 2 rings (SSSR count). The molecule has 0 fully saturated rings. The zero-order valence-electron chi connectivity index (χ0n) is 21.2. The summed E-state index contributed by atoms with van der Waals surface area (Å²) in [6.45, 7) is 4.78. The minimum atomic E-state index is -1.09. The number of aliphatic hydroxyl groups is 1. The maximum Gasteiger partial charge on any atom is 0.407 e. The number of unbranched alkanes of at least 4 members (excludes halogenated alkanes) is 2. The molecule has 12 heteroatoms. The first-order valence-electron chi connectivity index (χ1n) is 12.0. The summed E-state index contributed by atoms with van der Waals surface area (Å²) in [4.78, 5) is 24.7. The minimum Gasteiger partial charge on any atom is -0.448 e. The number of carbonyl (C=O) groups is 2. The Morgan fingerprint density at radius 3 is 2.61 bits per heavy atom. The smallest absolute Gasteiger partial charge is 0.407 e. The molecule has 200 valence electrons. The number of rotatable bonds is 16. The second-order valence-corrected chi connectivity index (χ2v) is 9.57. The lowest BCUT2D eigenvalue weighted by atomic mass is 10.1. The van der Waals surface area contributed by atoms with E-state index in [0.29, 0.717) is 37.1 Å². The van der Waals surface area contributed by atoms with E-state index in [-0.39, 0.29) is 25.7 Å². The van der Waals surface area contributed by atoms with Crippen molar-refractivity contribution in [1.82, 2.24) is 25.4 Å². The lowest BCUT2D eigenvalue weighted by Gasteiger charge is -2.24. The van der Waals surface area contributed by atoms with Gasteiger partial charge in [0.2, 0.25) is 5.91 Å². The van der Waals surface area contributed by atoms with Crippen molar-refractivity contribution in [2.75, 3.05) is 32.6 Å². The van der Waals surface area contributed by atoms with Crippen LogP contribution in [0.25, 0.3) is 0 Å². The Kier molecular flexibility index (Phi) is 12.7. The van der Waals surface area contributed by atoms with Crippen LogP contribution in [0.4, 0.5) is 4.79 Å². The summed E-state index contributed by atoms with van der Waals surface area (Å²) in [5.41, 5.74) is 5.91. The fourth-order valence-corrected chi connectivity index (χ4v) is 3.73. The average Bonchev–Trinajstić information content (AvgIpc) is 3.26. The van der Waals surface area contributed by atoms with E-state index in [1.165, 1.54) is 11.8 Å². The maximum atomic E-state index is 12.7. The molecule has 5 N–H and O–H groups in total. The van der Waals surface area contributed by atoms with Gasteiger partial charge in [0, 0.05) is 13.2 Å². The molecule has 0 radical (unpaired) electrons. The number of nitrogens with one attached hydrogen (secondary N) is 2. The molecule has 2 amide bonds. The summed E-state index contributed by atoms with van der Waals surface area (Å²) in [6, 6.07) is 9.10. The van der Waals surface area contributed by atoms with Crippen LogP contribution in [0.15, 0.2) is 35.5 Å². The predicted molar refractivity (Wildman–Crippen MR) is 137 cm³/mol. The molecule has 0 saturated heterocycles. The van der Waals surface area contributed by atoms with Crippen molar-refractivity contribution in [3.05, 3.63) is 41.7 Å². The molecule has 0 unspecified atom stereocenters. The Hall–Kier alpha value is -2.67. The monoisotopic (exact) mass is 522 g/mol. The van der Waals surface area contributed by atoms with Crippen LogP contribution in [0.1, 0.15) is 50.5 Å². The second-order valence-electron chi connectivity index (χ2n) is 8.79. The van der Waals surface area contributed by atoms with E-state index in [1.54, 1.807) is 18.4 Å². The van der Waals surface area contributed by atoms with Gasteiger partial charge in [-0.1, -0.05) is 42.1 Å². The minimum absolute atomic E-state index is 0.0923. The quantitative estimate of drug-likeness (QED) is 0.191. The standard InChI is InChI=1S/C24H38N6O5S/c1-24(2,25)21(32)27-19(17-34-16-18-10-6-4-7-11-18)20-28-29-22(36-3)30(20)13-15-35-23(33)26-12-8-5-9-14-31/h4,6-7,10-11,19,31H,5,8-9,12-17,25H2,1-3H3,(H,26,33)(H,27,32)/t19-/m1/s1. The van der Waals surface area contributed by atoms with Crippen LogP contribution in [0, 0.1) is 0 Å². The molecule has 1 aromatic carbocycles. The molecule has 0 aliphatic rings. The van der Waals surface area contributed by atoms with Crippen LogP contribution in [-0.2, 0) is 27.4 Å². The third kappa shape index (κ3) is 10.1. The molecule has 0 bridgehead atoms. The molecular formula is C24H38N6O5S. The molecule has 0 saturated carbocycles. The Labute approximate surface area is 216 Å². The van der Waals surface area contributed by atoms with Gasteiger partial charge >= 0.3 is 6.09 Å². The van der Waals surface area contributed by atoms with Crippen molar-refractivity contribution < 1.29 is 24.2 Å². The summed E-state index contributed by atoms with van der Waals surface area (Å²) in [6.07, 6.45) is 3.66. The highest BCUT2D eigenvalue weighted by Crippen LogP contribution is 2.20. The number of aliphatic hydroxyl groups excluding tert-OH is 1. The van der Waals surface area contributed by atoms with Crippen LogP contribution in [0.2, 0.25) is 0 Å². The van der Waals surface area contributed by atoms with Gasteiger partial charge in [0.05, 0.1) is 25.3 Å². The van der Waals surface area contributed by atoms with E-state index in [1.807, 2.05) is 36.6 Å². The van der Waals surface area contributed by atoms with Crippen molar-refractivity contribution in [2.24, 2.45) is 5.73 Å². The Morgan fingerprint density at radius 2 is 1.94 bits per heavy atom. The van der Waals surface area contributed by atoms with E-state index in [4.69, 9.17) is 20.3 Å². The first-order chi connectivity index (χ1) is 17.3. The number of hydrogen-bond acceptors (Lipinski definition) is 9. The highest BCUT2D eigenvalue weighted by Gasteiger charge is 2.29. The SMILES string of the molecule is CSc1nnc([C@@H](COCc2ccccc2)NC(=O)C(C)(C)N)n1CCOC(=O)NCCCCCO. The molecule has 0 spiro atoms. The van der Waals surface area contributed by atoms with Crippen molar-refractivity contribution in [3.63, 3.8) is 0 Å². The van der Waals surface area contributed by atoms with Gasteiger partial charge in [-0.2, -0.15) is 0 Å². The zero-order valence-corrected chi connectivity index (χ0v) is 22.1. The highest BCUT2D eigenvalue weighted by molar-refractivity contribution is 7.98. The van der Waals surface area contributed by atoms with Crippen molar-refractivity contribution in [2.45, 2.75) is 63.0 Å². The fourth-order valence-electron chi connectivity index (χ4n) is 3.20. The van der Waals surface area contributed by atoms with Gasteiger partial charge in [-0.3, -0.25) is 4.79 Å². The van der Waals surface area contributed by atoms with Crippen LogP contribution in [0.3, 0.4) is 0 Å². The number of amides is 2. The molecule has 1 aromatic heterocycles. The van der Waals surface area contributed by atoms with Gasteiger partial charge in [-0.05, 0) is 44.9 Å². The summed E-state index contributed by atoms with van der Waals surface area (Å²) in [5.74, 6) is 0.130. The van der Waals surface area contributed by atoms with Gasteiger partial charge < -0.3 is 35.5 Å². The van der Waals surface area contributed by atoms with E-state index in [9.17, 15) is 9.59 Å². The van der Waals surface area contributed by atoms with E-state index in [2.05, 4.69) is 20.8 Å². The molecule has 0 aliphatic heterocycles. The fraction of sp³-hybridized carbons (Fsp3) is 0.583. The number of ether oxygens (including phenoxy) is 2. The van der Waals surface area contributed by atoms with Crippen LogP contribution in [-0.4, -0.2) is 70.0 Å². The maximum absolute atomic E-state index is 12.7. The largest absolute Gasteiger partial charge is 0.448 e. The number of hydrogen-bond donors (Lipinski definition) is 4. The van der Waals surface area contributed by atoms with Crippen molar-refractivity contribution in [3.8, 4) is 0 Å². The molecule has 1 atom stereocenters.